The van der Waals surface area contributed by atoms with Gasteiger partial charge in [-0.25, -0.2) is 19.2 Å². The van der Waals surface area contributed by atoms with Crippen LogP contribution in [0.3, 0.4) is 0 Å². The van der Waals surface area contributed by atoms with Crippen LogP contribution >= 0.6 is 0 Å². The number of carbonyl (C=O) groups is 4. The molecule has 0 aliphatic heterocycles. The highest BCUT2D eigenvalue weighted by atomic mass is 16.8. The first-order chi connectivity index (χ1) is 17.7. The Morgan fingerprint density at radius 3 is 1.79 bits per heavy atom. The first-order valence-corrected chi connectivity index (χ1v) is 12.5. The average Bonchev–Trinajstić information content (AvgIpc) is 2.79. The number of carboxylic acids is 1. The van der Waals surface area contributed by atoms with Crippen molar-refractivity contribution in [3.63, 3.8) is 0 Å². The smallest absolute Gasteiger partial charge is 0.477 e. The molecule has 12 nitrogen and oxygen atoms in total. The standard InChI is InChI=1S/C26H39NO11/c1-9-17(7)34-23(30)36-20-12-11-19(13-21(20)37-24(31)35-18(8)10-2)14-26(22(28)29,27-15(3)4)38-25(32)33-16(5)6/h11-13,15-18,27H,9-10,14H2,1-8H3,(H,28,29)/t17?,18?,26-/m0/s1. The molecule has 2 unspecified atom stereocenters. The second kappa shape index (κ2) is 15.0. The van der Waals surface area contributed by atoms with Crippen molar-refractivity contribution in [1.29, 1.82) is 0 Å². The van der Waals surface area contributed by atoms with Gasteiger partial charge in [0.2, 0.25) is 0 Å². The summed E-state index contributed by atoms with van der Waals surface area (Å²) in [6, 6.07) is 3.58. The number of nitrogens with one attached hydrogen (secondary N) is 1. The molecule has 0 saturated heterocycles. The van der Waals surface area contributed by atoms with Crippen LogP contribution in [0.1, 0.15) is 73.8 Å². The minimum absolute atomic E-state index is 0.166. The lowest BCUT2D eigenvalue weighted by molar-refractivity contribution is -0.167. The van der Waals surface area contributed by atoms with Crippen molar-refractivity contribution in [2.45, 2.75) is 105 Å². The summed E-state index contributed by atoms with van der Waals surface area (Å²) in [6.45, 7) is 13.5. The molecule has 0 bridgehead atoms. The van der Waals surface area contributed by atoms with Crippen LogP contribution in [0.2, 0.25) is 0 Å². The van der Waals surface area contributed by atoms with Gasteiger partial charge in [0.25, 0.3) is 5.72 Å². The number of hydrogen-bond donors (Lipinski definition) is 2. The van der Waals surface area contributed by atoms with Gasteiger partial charge in [-0.1, -0.05) is 19.9 Å². The minimum atomic E-state index is -2.23. The highest BCUT2D eigenvalue weighted by Crippen LogP contribution is 2.32. The number of hydrogen-bond acceptors (Lipinski definition) is 11. The minimum Gasteiger partial charge on any atom is -0.477 e. The van der Waals surface area contributed by atoms with Gasteiger partial charge in [-0.2, -0.15) is 0 Å². The summed E-state index contributed by atoms with van der Waals surface area (Å²) < 4.78 is 31.0. The molecule has 1 aromatic carbocycles. The Balaban J connectivity index is 3.42. The normalized spacial score (nSPS) is 14.2. The Bertz CT molecular complexity index is 963. The summed E-state index contributed by atoms with van der Waals surface area (Å²) in [5, 5.41) is 12.8. The van der Waals surface area contributed by atoms with Crippen LogP contribution in [0, 0.1) is 0 Å². The van der Waals surface area contributed by atoms with E-state index in [0.717, 1.165) is 0 Å². The monoisotopic (exact) mass is 541 g/mol. The fourth-order valence-electron chi connectivity index (χ4n) is 2.96. The second-order valence-corrected chi connectivity index (χ2v) is 9.29. The van der Waals surface area contributed by atoms with E-state index < -0.39 is 60.9 Å². The van der Waals surface area contributed by atoms with Gasteiger partial charge in [0.05, 0.1) is 6.10 Å². The first-order valence-electron chi connectivity index (χ1n) is 12.5. The number of rotatable bonds is 13. The molecule has 38 heavy (non-hydrogen) atoms. The zero-order valence-electron chi connectivity index (χ0n) is 23.2. The van der Waals surface area contributed by atoms with Crippen molar-refractivity contribution in [3.05, 3.63) is 23.8 Å². The van der Waals surface area contributed by atoms with Crippen molar-refractivity contribution in [3.8, 4) is 11.5 Å². The van der Waals surface area contributed by atoms with E-state index in [4.69, 9.17) is 28.4 Å². The number of ether oxygens (including phenoxy) is 6. The predicted octanol–water partition coefficient (Wildman–Crippen LogP) is 5.20. The lowest BCUT2D eigenvalue weighted by Crippen LogP contribution is -2.59. The molecular weight excluding hydrogens is 502 g/mol. The molecule has 12 heteroatoms. The first kappa shape index (κ1) is 32.5. The molecule has 214 valence electrons. The Hall–Kier alpha value is -3.54. The van der Waals surface area contributed by atoms with Crippen LogP contribution in [0.25, 0.3) is 0 Å². The molecule has 0 fully saturated rings. The van der Waals surface area contributed by atoms with E-state index >= 15 is 0 Å². The summed E-state index contributed by atoms with van der Waals surface area (Å²) in [7, 11) is 0. The van der Waals surface area contributed by atoms with Crippen molar-refractivity contribution in [1.82, 2.24) is 5.32 Å². The molecule has 2 N–H and O–H groups in total. The van der Waals surface area contributed by atoms with E-state index in [-0.39, 0.29) is 17.1 Å². The fraction of sp³-hybridized carbons (Fsp3) is 0.615. The predicted molar refractivity (Wildman–Crippen MR) is 135 cm³/mol. The van der Waals surface area contributed by atoms with Crippen molar-refractivity contribution < 1.29 is 52.7 Å². The molecular formula is C26H39NO11. The fourth-order valence-corrected chi connectivity index (χ4v) is 2.96. The van der Waals surface area contributed by atoms with Gasteiger partial charge in [0.15, 0.2) is 11.5 Å². The Morgan fingerprint density at radius 1 is 0.816 bits per heavy atom. The van der Waals surface area contributed by atoms with Crippen molar-refractivity contribution in [2.24, 2.45) is 0 Å². The molecule has 0 heterocycles. The van der Waals surface area contributed by atoms with Crippen LogP contribution in [-0.4, -0.2) is 59.6 Å². The van der Waals surface area contributed by atoms with Gasteiger partial charge in [0, 0.05) is 12.5 Å². The van der Waals surface area contributed by atoms with Crippen LogP contribution in [-0.2, 0) is 30.2 Å². The van der Waals surface area contributed by atoms with Gasteiger partial charge in [-0.05, 0) is 72.1 Å². The van der Waals surface area contributed by atoms with E-state index in [1.54, 1.807) is 41.5 Å². The van der Waals surface area contributed by atoms with Crippen LogP contribution < -0.4 is 14.8 Å². The molecule has 0 spiro atoms. The maximum atomic E-state index is 12.4. The van der Waals surface area contributed by atoms with E-state index in [0.29, 0.717) is 12.8 Å². The maximum absolute atomic E-state index is 12.4. The lowest BCUT2D eigenvalue weighted by atomic mass is 10.0. The van der Waals surface area contributed by atoms with Crippen LogP contribution in [0.15, 0.2) is 18.2 Å². The quantitative estimate of drug-likeness (QED) is 0.146. The summed E-state index contributed by atoms with van der Waals surface area (Å²) >= 11 is 0. The molecule has 1 rings (SSSR count). The third kappa shape index (κ3) is 10.8. The number of carbonyl (C=O) groups excluding carboxylic acids is 3. The SMILES string of the molecule is CCC(C)OC(=O)Oc1ccc(C[C@](NC(C)C)(OC(=O)OC(C)C)C(=O)O)cc1OC(=O)OC(C)CC. The molecule has 0 aliphatic carbocycles. The van der Waals surface area contributed by atoms with E-state index in [1.165, 1.54) is 18.2 Å². The van der Waals surface area contributed by atoms with Gasteiger partial charge in [-0.15, -0.1) is 0 Å². The molecule has 0 aromatic heterocycles. The number of benzene rings is 1. The second-order valence-electron chi connectivity index (χ2n) is 9.29. The van der Waals surface area contributed by atoms with Crippen LogP contribution in [0.4, 0.5) is 14.4 Å². The van der Waals surface area contributed by atoms with Gasteiger partial charge >= 0.3 is 24.4 Å². The summed E-state index contributed by atoms with van der Waals surface area (Å²) in [6.07, 6.45) is -3.98. The van der Waals surface area contributed by atoms with E-state index in [2.05, 4.69) is 5.32 Å². The molecule has 0 aliphatic rings. The number of aliphatic carboxylic acids is 1. The molecule has 0 amide bonds. The zero-order valence-corrected chi connectivity index (χ0v) is 23.2. The highest BCUT2D eigenvalue weighted by molar-refractivity contribution is 5.80. The molecule has 3 atom stereocenters. The Labute approximate surface area is 222 Å². The summed E-state index contributed by atoms with van der Waals surface area (Å²) in [5.74, 6) is -1.88. The van der Waals surface area contributed by atoms with Crippen molar-refractivity contribution in [2.75, 3.05) is 0 Å². The molecule has 1 aromatic rings. The largest absolute Gasteiger partial charge is 0.514 e. The molecule has 0 saturated carbocycles. The van der Waals surface area contributed by atoms with Gasteiger partial charge in [-0.3, -0.25) is 5.32 Å². The van der Waals surface area contributed by atoms with E-state index in [1.807, 2.05) is 13.8 Å². The summed E-state index contributed by atoms with van der Waals surface area (Å²) in [4.78, 5) is 49.2. The average molecular weight is 542 g/mol. The lowest BCUT2D eigenvalue weighted by Gasteiger charge is -2.32. The maximum Gasteiger partial charge on any atom is 0.514 e. The van der Waals surface area contributed by atoms with Crippen LogP contribution in [0.5, 0.6) is 11.5 Å². The third-order valence-electron chi connectivity index (χ3n) is 5.05. The molecule has 0 radical (unpaired) electrons. The van der Waals surface area contributed by atoms with Gasteiger partial charge < -0.3 is 33.5 Å². The third-order valence-corrected chi connectivity index (χ3v) is 5.05. The zero-order chi connectivity index (χ0) is 29.0. The van der Waals surface area contributed by atoms with Gasteiger partial charge in [0.1, 0.15) is 12.2 Å². The van der Waals surface area contributed by atoms with Crippen molar-refractivity contribution >= 4 is 24.4 Å². The highest BCUT2D eigenvalue weighted by Gasteiger charge is 2.44. The van der Waals surface area contributed by atoms with E-state index in [9.17, 15) is 24.3 Å². The Morgan fingerprint density at radius 2 is 1.34 bits per heavy atom. The summed E-state index contributed by atoms with van der Waals surface area (Å²) in [5.41, 5.74) is -1.97. The topological polar surface area (TPSA) is 156 Å². The number of carboxylic acid groups (broad SMARTS) is 1. The Kier molecular flexibility index (Phi) is 12.8.